The molecule has 0 spiro atoms. The first-order valence-electron chi connectivity index (χ1n) is 5.97. The van der Waals surface area contributed by atoms with Gasteiger partial charge in [0.1, 0.15) is 4.90 Å². The standard InChI is InChI=1S/C11H18BrN3O2S/c1-7-11(8(2)15(3)14-7)18(16,17)13-6-10(12)9-4-5-9/h9-10,13H,4-6H2,1-3H3. The number of aryl methyl sites for hydroxylation is 2. The van der Waals surface area contributed by atoms with Gasteiger partial charge in [-0.2, -0.15) is 5.10 Å². The summed E-state index contributed by atoms with van der Waals surface area (Å²) in [6.07, 6.45) is 2.37. The third-order valence-corrected chi connectivity index (χ3v) is 6.06. The molecule has 5 nitrogen and oxygen atoms in total. The number of nitrogens with one attached hydrogen (secondary N) is 1. The number of hydrogen-bond donors (Lipinski definition) is 1. The normalized spacial score (nSPS) is 18.0. The fraction of sp³-hybridized carbons (Fsp3) is 0.727. The van der Waals surface area contributed by atoms with Crippen molar-refractivity contribution in [3.05, 3.63) is 11.4 Å². The van der Waals surface area contributed by atoms with Crippen molar-refractivity contribution in [1.82, 2.24) is 14.5 Å². The molecule has 1 heterocycles. The maximum absolute atomic E-state index is 12.2. The van der Waals surface area contributed by atoms with E-state index in [-0.39, 0.29) is 4.83 Å². The minimum atomic E-state index is -3.46. The molecule has 0 aliphatic heterocycles. The van der Waals surface area contributed by atoms with Gasteiger partial charge in [0.2, 0.25) is 10.0 Å². The van der Waals surface area contributed by atoms with E-state index in [1.54, 1.807) is 25.6 Å². The van der Waals surface area contributed by atoms with Crippen LogP contribution in [0.25, 0.3) is 0 Å². The molecule has 0 amide bonds. The van der Waals surface area contributed by atoms with E-state index in [9.17, 15) is 8.42 Å². The van der Waals surface area contributed by atoms with Crippen molar-refractivity contribution in [3.63, 3.8) is 0 Å². The lowest BCUT2D eigenvalue weighted by Gasteiger charge is -2.11. The second kappa shape index (κ2) is 4.94. The first-order chi connectivity index (χ1) is 8.33. The summed E-state index contributed by atoms with van der Waals surface area (Å²) in [4.78, 5) is 0.532. The van der Waals surface area contributed by atoms with Gasteiger partial charge >= 0.3 is 0 Å². The first kappa shape index (κ1) is 14.0. The molecule has 1 aliphatic carbocycles. The Morgan fingerprint density at radius 3 is 2.56 bits per heavy atom. The van der Waals surface area contributed by atoms with Crippen molar-refractivity contribution >= 4 is 26.0 Å². The van der Waals surface area contributed by atoms with E-state index in [4.69, 9.17) is 0 Å². The molecule has 18 heavy (non-hydrogen) atoms. The summed E-state index contributed by atoms with van der Waals surface area (Å²) in [7, 11) is -1.72. The number of aromatic nitrogens is 2. The minimum Gasteiger partial charge on any atom is -0.271 e. The minimum absolute atomic E-state index is 0.226. The number of rotatable bonds is 5. The molecule has 1 fully saturated rings. The molecule has 1 N–H and O–H groups in total. The molecule has 1 aliphatic rings. The van der Waals surface area contributed by atoms with Crippen molar-refractivity contribution < 1.29 is 8.42 Å². The Morgan fingerprint density at radius 2 is 2.11 bits per heavy atom. The molecule has 1 unspecified atom stereocenters. The van der Waals surface area contributed by atoms with E-state index in [2.05, 4.69) is 25.8 Å². The molecule has 102 valence electrons. The Labute approximate surface area is 116 Å². The zero-order valence-electron chi connectivity index (χ0n) is 10.8. The Bertz CT molecular complexity index is 549. The van der Waals surface area contributed by atoms with Crippen LogP contribution >= 0.6 is 15.9 Å². The summed E-state index contributed by atoms with van der Waals surface area (Å²) < 4.78 is 28.8. The Hall–Kier alpha value is -0.400. The van der Waals surface area contributed by atoms with Crippen LogP contribution in [0, 0.1) is 19.8 Å². The molecule has 0 bridgehead atoms. The number of nitrogens with zero attached hydrogens (tertiary/aromatic N) is 2. The van der Waals surface area contributed by atoms with Crippen LogP contribution in [0.1, 0.15) is 24.2 Å². The molecule has 1 aromatic rings. The van der Waals surface area contributed by atoms with Gasteiger partial charge in [0.25, 0.3) is 0 Å². The molecule has 0 aromatic carbocycles. The molecule has 1 saturated carbocycles. The van der Waals surface area contributed by atoms with E-state index in [0.29, 0.717) is 28.7 Å². The molecule has 2 rings (SSSR count). The van der Waals surface area contributed by atoms with Crippen molar-refractivity contribution in [2.24, 2.45) is 13.0 Å². The predicted molar refractivity (Wildman–Crippen MR) is 73.3 cm³/mol. The van der Waals surface area contributed by atoms with Gasteiger partial charge in [-0.3, -0.25) is 4.68 Å². The van der Waals surface area contributed by atoms with Crippen LogP contribution in [-0.4, -0.2) is 29.6 Å². The number of sulfonamides is 1. The van der Waals surface area contributed by atoms with Gasteiger partial charge < -0.3 is 0 Å². The van der Waals surface area contributed by atoms with Crippen molar-refractivity contribution in [2.45, 2.75) is 36.4 Å². The van der Waals surface area contributed by atoms with E-state index in [1.807, 2.05) is 0 Å². The molecular formula is C11H18BrN3O2S. The third kappa shape index (κ3) is 2.78. The number of alkyl halides is 1. The lowest BCUT2D eigenvalue weighted by atomic mass is 10.3. The van der Waals surface area contributed by atoms with Crippen molar-refractivity contribution in [3.8, 4) is 0 Å². The van der Waals surface area contributed by atoms with Crippen LogP contribution in [0.2, 0.25) is 0 Å². The molecule has 0 radical (unpaired) electrons. The average Bonchev–Trinajstić information content (AvgIpc) is 3.05. The SMILES string of the molecule is Cc1nn(C)c(C)c1S(=O)(=O)NCC(Br)C1CC1. The van der Waals surface area contributed by atoms with E-state index < -0.39 is 10.0 Å². The second-order valence-electron chi connectivity index (χ2n) is 4.83. The van der Waals surface area contributed by atoms with Gasteiger partial charge in [-0.1, -0.05) is 15.9 Å². The topological polar surface area (TPSA) is 64.0 Å². The highest BCUT2D eigenvalue weighted by molar-refractivity contribution is 9.09. The van der Waals surface area contributed by atoms with Gasteiger partial charge in [0.05, 0.1) is 11.4 Å². The van der Waals surface area contributed by atoms with Gasteiger partial charge in [-0.25, -0.2) is 13.1 Å². The quantitative estimate of drug-likeness (QED) is 0.829. The van der Waals surface area contributed by atoms with Gasteiger partial charge in [-0.15, -0.1) is 0 Å². The lowest BCUT2D eigenvalue weighted by Crippen LogP contribution is -2.31. The Balaban J connectivity index is 2.14. The smallest absolute Gasteiger partial charge is 0.244 e. The van der Waals surface area contributed by atoms with E-state index >= 15 is 0 Å². The van der Waals surface area contributed by atoms with Gasteiger partial charge in [-0.05, 0) is 32.6 Å². The highest BCUT2D eigenvalue weighted by atomic mass is 79.9. The fourth-order valence-electron chi connectivity index (χ4n) is 2.03. The Kier molecular flexibility index (Phi) is 3.85. The first-order valence-corrected chi connectivity index (χ1v) is 8.36. The average molecular weight is 336 g/mol. The van der Waals surface area contributed by atoms with Gasteiger partial charge in [0.15, 0.2) is 0 Å². The van der Waals surface area contributed by atoms with Gasteiger partial charge in [0, 0.05) is 18.4 Å². The largest absolute Gasteiger partial charge is 0.271 e. The van der Waals surface area contributed by atoms with E-state index in [1.165, 1.54) is 12.8 Å². The van der Waals surface area contributed by atoms with Crippen molar-refractivity contribution in [2.75, 3.05) is 6.54 Å². The zero-order valence-corrected chi connectivity index (χ0v) is 13.2. The lowest BCUT2D eigenvalue weighted by molar-refractivity contribution is 0.576. The van der Waals surface area contributed by atoms with Crippen LogP contribution in [-0.2, 0) is 17.1 Å². The van der Waals surface area contributed by atoms with Crippen LogP contribution in [0.15, 0.2) is 4.90 Å². The zero-order chi connectivity index (χ0) is 13.5. The Morgan fingerprint density at radius 1 is 1.50 bits per heavy atom. The summed E-state index contributed by atoms with van der Waals surface area (Å²) in [5, 5.41) is 4.14. The molecule has 1 atom stereocenters. The maximum Gasteiger partial charge on any atom is 0.244 e. The van der Waals surface area contributed by atoms with Crippen LogP contribution in [0.5, 0.6) is 0 Å². The fourth-order valence-corrected chi connectivity index (χ4v) is 4.43. The summed E-state index contributed by atoms with van der Waals surface area (Å²) in [6.45, 7) is 3.91. The number of halogens is 1. The summed E-state index contributed by atoms with van der Waals surface area (Å²) >= 11 is 3.52. The monoisotopic (exact) mass is 335 g/mol. The number of hydrogen-bond acceptors (Lipinski definition) is 3. The van der Waals surface area contributed by atoms with Crippen molar-refractivity contribution in [1.29, 1.82) is 0 Å². The highest BCUT2D eigenvalue weighted by Gasteiger charge is 2.31. The highest BCUT2D eigenvalue weighted by Crippen LogP contribution is 2.36. The summed E-state index contributed by atoms with van der Waals surface area (Å²) in [6, 6.07) is 0. The molecule has 1 aromatic heterocycles. The predicted octanol–water partition coefficient (Wildman–Crippen LogP) is 1.49. The third-order valence-electron chi connectivity index (χ3n) is 3.31. The molecular weight excluding hydrogens is 318 g/mol. The maximum atomic E-state index is 12.2. The summed E-state index contributed by atoms with van der Waals surface area (Å²) in [5.74, 6) is 0.615. The van der Waals surface area contributed by atoms with Crippen LogP contribution < -0.4 is 4.72 Å². The molecule has 0 saturated heterocycles. The second-order valence-corrected chi connectivity index (χ2v) is 7.71. The van der Waals surface area contributed by atoms with Crippen LogP contribution in [0.4, 0.5) is 0 Å². The molecule has 7 heteroatoms. The van der Waals surface area contributed by atoms with E-state index in [0.717, 1.165) is 0 Å². The summed E-state index contributed by atoms with van der Waals surface area (Å²) in [5.41, 5.74) is 1.21. The van der Waals surface area contributed by atoms with Crippen LogP contribution in [0.3, 0.4) is 0 Å².